The van der Waals surface area contributed by atoms with E-state index in [1.807, 2.05) is 18.2 Å². The molecule has 0 bridgehead atoms. The number of para-hydroxylation sites is 1. The second-order valence-corrected chi connectivity index (χ2v) is 3.57. The molecule has 1 heterocycles. The van der Waals surface area contributed by atoms with Crippen molar-refractivity contribution in [1.29, 1.82) is 0 Å². The molecule has 0 saturated heterocycles. The third-order valence-corrected chi connectivity index (χ3v) is 2.35. The maximum absolute atomic E-state index is 13.1. The number of nitrogens with zero attached hydrogens (tertiary/aromatic N) is 1. The number of halogens is 1. The standard InChI is InChI=1S/C13H13FN2O/c14-11-5-3-6-12(13(11)15)17-9-7-10-4-1-2-8-16-10/h1-6,8H,7,9,15H2. The molecule has 88 valence electrons. The highest BCUT2D eigenvalue weighted by molar-refractivity contribution is 5.53. The van der Waals surface area contributed by atoms with E-state index in [4.69, 9.17) is 10.5 Å². The zero-order valence-electron chi connectivity index (χ0n) is 9.27. The van der Waals surface area contributed by atoms with Crippen LogP contribution in [0.3, 0.4) is 0 Å². The van der Waals surface area contributed by atoms with Gasteiger partial charge in [0.25, 0.3) is 0 Å². The van der Waals surface area contributed by atoms with Crippen LogP contribution in [0.15, 0.2) is 42.6 Å². The van der Waals surface area contributed by atoms with Crippen molar-refractivity contribution in [3.05, 3.63) is 54.1 Å². The maximum atomic E-state index is 13.1. The van der Waals surface area contributed by atoms with Gasteiger partial charge in [0.2, 0.25) is 0 Å². The Balaban J connectivity index is 1.93. The zero-order valence-corrected chi connectivity index (χ0v) is 9.27. The summed E-state index contributed by atoms with van der Waals surface area (Å²) in [4.78, 5) is 4.16. The topological polar surface area (TPSA) is 48.1 Å². The first-order chi connectivity index (χ1) is 8.27. The van der Waals surface area contributed by atoms with Gasteiger partial charge in [-0.3, -0.25) is 4.98 Å². The highest BCUT2D eigenvalue weighted by Crippen LogP contribution is 2.23. The molecule has 0 saturated carbocycles. The van der Waals surface area contributed by atoms with Crippen molar-refractivity contribution in [2.24, 2.45) is 0 Å². The largest absolute Gasteiger partial charge is 0.491 e. The molecule has 1 aromatic heterocycles. The highest BCUT2D eigenvalue weighted by Gasteiger charge is 2.05. The minimum absolute atomic E-state index is 0.0496. The lowest BCUT2D eigenvalue weighted by molar-refractivity contribution is 0.321. The van der Waals surface area contributed by atoms with Crippen LogP contribution in [0.1, 0.15) is 5.69 Å². The molecule has 2 N–H and O–H groups in total. The molecule has 3 nitrogen and oxygen atoms in total. The summed E-state index contributed by atoms with van der Waals surface area (Å²) in [6.45, 7) is 0.421. The molecule has 0 amide bonds. The molecule has 0 unspecified atom stereocenters. The molecule has 2 rings (SSSR count). The van der Waals surface area contributed by atoms with Crippen LogP contribution in [0, 0.1) is 5.82 Å². The second kappa shape index (κ2) is 5.30. The molecule has 0 aliphatic rings. The Morgan fingerprint density at radius 2 is 2.06 bits per heavy atom. The molecule has 0 spiro atoms. The van der Waals surface area contributed by atoms with Crippen molar-refractivity contribution in [2.45, 2.75) is 6.42 Å². The number of pyridine rings is 1. The first-order valence-corrected chi connectivity index (χ1v) is 5.34. The van der Waals surface area contributed by atoms with Gasteiger partial charge in [-0.05, 0) is 24.3 Å². The molecular weight excluding hydrogens is 219 g/mol. The third-order valence-electron chi connectivity index (χ3n) is 2.35. The monoisotopic (exact) mass is 232 g/mol. The van der Waals surface area contributed by atoms with Crippen LogP contribution in [0.2, 0.25) is 0 Å². The van der Waals surface area contributed by atoms with Crippen molar-refractivity contribution < 1.29 is 9.13 Å². The predicted octanol–water partition coefficient (Wildman–Crippen LogP) is 2.42. The van der Waals surface area contributed by atoms with Crippen LogP contribution in [0.25, 0.3) is 0 Å². The van der Waals surface area contributed by atoms with Gasteiger partial charge in [-0.1, -0.05) is 12.1 Å². The normalized spacial score (nSPS) is 10.2. The van der Waals surface area contributed by atoms with Gasteiger partial charge in [-0.25, -0.2) is 4.39 Å². The molecule has 0 aliphatic carbocycles. The lowest BCUT2D eigenvalue weighted by Gasteiger charge is -2.08. The highest BCUT2D eigenvalue weighted by atomic mass is 19.1. The van der Waals surface area contributed by atoms with Gasteiger partial charge < -0.3 is 10.5 Å². The number of aromatic nitrogens is 1. The number of nitrogen functional groups attached to an aromatic ring is 1. The van der Waals surface area contributed by atoms with E-state index in [1.54, 1.807) is 18.3 Å². The zero-order chi connectivity index (χ0) is 12.1. The van der Waals surface area contributed by atoms with E-state index in [2.05, 4.69) is 4.98 Å². The Bertz CT molecular complexity index is 488. The van der Waals surface area contributed by atoms with Crippen molar-refractivity contribution >= 4 is 5.69 Å². The summed E-state index contributed by atoms with van der Waals surface area (Å²) in [5, 5.41) is 0. The van der Waals surface area contributed by atoms with E-state index in [0.717, 1.165) is 5.69 Å². The molecule has 4 heteroatoms. The Morgan fingerprint density at radius 1 is 1.18 bits per heavy atom. The van der Waals surface area contributed by atoms with Crippen LogP contribution in [0.5, 0.6) is 5.75 Å². The number of benzene rings is 1. The van der Waals surface area contributed by atoms with Crippen molar-refractivity contribution in [1.82, 2.24) is 4.98 Å². The van der Waals surface area contributed by atoms with Gasteiger partial charge >= 0.3 is 0 Å². The van der Waals surface area contributed by atoms with Gasteiger partial charge in [0.1, 0.15) is 17.3 Å². The van der Waals surface area contributed by atoms with Gasteiger partial charge in [0.15, 0.2) is 0 Å². The Labute approximate surface area is 99.1 Å². The molecule has 0 atom stereocenters. The second-order valence-electron chi connectivity index (χ2n) is 3.57. The Hall–Kier alpha value is -2.10. The number of nitrogens with two attached hydrogens (primary N) is 1. The summed E-state index contributed by atoms with van der Waals surface area (Å²) < 4.78 is 18.5. The van der Waals surface area contributed by atoms with Gasteiger partial charge in [-0.2, -0.15) is 0 Å². The number of hydrogen-bond acceptors (Lipinski definition) is 3. The number of anilines is 1. The van der Waals surface area contributed by atoms with E-state index >= 15 is 0 Å². The molecule has 17 heavy (non-hydrogen) atoms. The minimum Gasteiger partial charge on any atom is -0.491 e. The lowest BCUT2D eigenvalue weighted by Crippen LogP contribution is -2.05. The van der Waals surface area contributed by atoms with Crippen LogP contribution in [-0.2, 0) is 6.42 Å². The molecule has 2 aromatic rings. The fourth-order valence-corrected chi connectivity index (χ4v) is 1.45. The maximum Gasteiger partial charge on any atom is 0.149 e. The summed E-state index contributed by atoms with van der Waals surface area (Å²) in [6, 6.07) is 10.2. The van der Waals surface area contributed by atoms with E-state index in [-0.39, 0.29) is 5.69 Å². The van der Waals surface area contributed by atoms with Crippen LogP contribution >= 0.6 is 0 Å². The molecule has 0 radical (unpaired) electrons. The summed E-state index contributed by atoms with van der Waals surface area (Å²) in [5.74, 6) is -0.0822. The first kappa shape index (κ1) is 11.4. The van der Waals surface area contributed by atoms with Crippen molar-refractivity contribution in [3.63, 3.8) is 0 Å². The van der Waals surface area contributed by atoms with Crippen molar-refractivity contribution in [2.75, 3.05) is 12.3 Å². The van der Waals surface area contributed by atoms with Gasteiger partial charge in [0.05, 0.1) is 6.61 Å². The van der Waals surface area contributed by atoms with E-state index in [0.29, 0.717) is 18.8 Å². The average Bonchev–Trinajstić information content (AvgIpc) is 2.36. The first-order valence-electron chi connectivity index (χ1n) is 5.34. The molecule has 1 aromatic carbocycles. The van der Waals surface area contributed by atoms with Crippen LogP contribution in [0.4, 0.5) is 10.1 Å². The SMILES string of the molecule is Nc1c(F)cccc1OCCc1ccccn1. The fraction of sp³-hybridized carbons (Fsp3) is 0.154. The summed E-state index contributed by atoms with van der Waals surface area (Å²) in [6.07, 6.45) is 2.39. The van der Waals surface area contributed by atoms with Crippen molar-refractivity contribution in [3.8, 4) is 5.75 Å². The Morgan fingerprint density at radius 3 is 2.82 bits per heavy atom. The number of rotatable bonds is 4. The van der Waals surface area contributed by atoms with E-state index in [9.17, 15) is 4.39 Å². The van der Waals surface area contributed by atoms with Crippen LogP contribution in [-0.4, -0.2) is 11.6 Å². The van der Waals surface area contributed by atoms with E-state index in [1.165, 1.54) is 6.07 Å². The van der Waals surface area contributed by atoms with Gasteiger partial charge in [-0.15, -0.1) is 0 Å². The lowest BCUT2D eigenvalue weighted by atomic mass is 10.2. The van der Waals surface area contributed by atoms with Crippen LogP contribution < -0.4 is 10.5 Å². The minimum atomic E-state index is -0.458. The molecule has 0 fully saturated rings. The molecular formula is C13H13FN2O. The van der Waals surface area contributed by atoms with Gasteiger partial charge in [0, 0.05) is 18.3 Å². The number of hydrogen-bond donors (Lipinski definition) is 1. The summed E-state index contributed by atoms with van der Waals surface area (Å²) in [7, 11) is 0. The molecule has 0 aliphatic heterocycles. The average molecular weight is 232 g/mol. The number of ether oxygens (including phenoxy) is 1. The summed E-state index contributed by atoms with van der Waals surface area (Å²) >= 11 is 0. The fourth-order valence-electron chi connectivity index (χ4n) is 1.45. The smallest absolute Gasteiger partial charge is 0.149 e. The van der Waals surface area contributed by atoms with E-state index < -0.39 is 5.82 Å². The summed E-state index contributed by atoms with van der Waals surface area (Å²) in [5.41, 5.74) is 6.53. The predicted molar refractivity (Wildman–Crippen MR) is 64.2 cm³/mol. The third kappa shape index (κ3) is 2.93. The quantitative estimate of drug-likeness (QED) is 0.823. The Kier molecular flexibility index (Phi) is 3.55.